The molecule has 0 aromatic heterocycles. The molecule has 1 aliphatic heterocycles. The predicted octanol–water partition coefficient (Wildman–Crippen LogP) is 2.21. The molecule has 0 unspecified atom stereocenters. The van der Waals surface area contributed by atoms with Crippen molar-refractivity contribution in [1.29, 1.82) is 0 Å². The Kier molecular flexibility index (Phi) is 6.45. The third kappa shape index (κ3) is 3.64. The van der Waals surface area contributed by atoms with E-state index in [1.807, 2.05) is 0 Å². The van der Waals surface area contributed by atoms with Crippen molar-refractivity contribution in [2.45, 2.75) is 109 Å². The first kappa shape index (κ1) is 25.4. The van der Waals surface area contributed by atoms with Crippen LogP contribution >= 0.6 is 0 Å². The van der Waals surface area contributed by atoms with Crippen molar-refractivity contribution in [2.24, 2.45) is 39.4 Å². The van der Waals surface area contributed by atoms with Crippen LogP contribution in [-0.4, -0.2) is 76.1 Å². The lowest BCUT2D eigenvalue weighted by Crippen LogP contribution is -2.59. The number of aliphatic hydroxyl groups is 5. The first-order valence-electron chi connectivity index (χ1n) is 13.5. The van der Waals surface area contributed by atoms with Gasteiger partial charge in [0, 0.05) is 6.61 Å². The standard InChI is InChI=1S/C27H46O7/c1-24(14-29)8-4-9-26(3)18(24)7-10-27-11-16(5-6-19(26)27)25(2,13-27)15-33-23-22(32)21(31)20(30)17(12-28)34-23/h16-23,28-32H,4-15H2,1-3H3/t16-,17-,18-,19+,20-,21+,22-,23-,24+,25+,26-,27+/m1/s1. The monoisotopic (exact) mass is 482 g/mol. The minimum absolute atomic E-state index is 0.0360. The van der Waals surface area contributed by atoms with E-state index in [1.165, 1.54) is 44.9 Å². The molecular formula is C27H46O7. The highest BCUT2D eigenvalue weighted by Crippen LogP contribution is 2.74. The quantitative estimate of drug-likeness (QED) is 0.408. The molecule has 7 nitrogen and oxygen atoms in total. The molecule has 7 heteroatoms. The Morgan fingerprint density at radius 2 is 1.62 bits per heavy atom. The zero-order valence-corrected chi connectivity index (χ0v) is 21.2. The van der Waals surface area contributed by atoms with Crippen molar-refractivity contribution in [2.75, 3.05) is 19.8 Å². The summed E-state index contributed by atoms with van der Waals surface area (Å²) >= 11 is 0. The second-order valence-electron chi connectivity index (χ2n) is 13.5. The van der Waals surface area contributed by atoms with Gasteiger partial charge in [-0.1, -0.05) is 27.2 Å². The Morgan fingerprint density at radius 3 is 2.32 bits per heavy atom. The molecule has 0 amide bonds. The maximum Gasteiger partial charge on any atom is 0.186 e. The maximum absolute atomic E-state index is 10.4. The van der Waals surface area contributed by atoms with Gasteiger partial charge in [0.15, 0.2) is 6.29 Å². The van der Waals surface area contributed by atoms with Crippen molar-refractivity contribution in [3.8, 4) is 0 Å². The van der Waals surface area contributed by atoms with Crippen LogP contribution in [-0.2, 0) is 9.47 Å². The Labute approximate surface area is 203 Å². The van der Waals surface area contributed by atoms with Gasteiger partial charge in [-0.05, 0) is 90.8 Å². The molecule has 2 bridgehead atoms. The van der Waals surface area contributed by atoms with E-state index in [0.29, 0.717) is 36.4 Å². The summed E-state index contributed by atoms with van der Waals surface area (Å²) in [6, 6.07) is 0. The molecule has 1 spiro atoms. The third-order valence-corrected chi connectivity index (χ3v) is 11.6. The summed E-state index contributed by atoms with van der Waals surface area (Å²) in [4.78, 5) is 0. The molecule has 0 radical (unpaired) electrons. The van der Waals surface area contributed by atoms with Crippen molar-refractivity contribution >= 4 is 0 Å². The van der Waals surface area contributed by atoms with E-state index in [-0.39, 0.29) is 16.2 Å². The minimum atomic E-state index is -1.41. The van der Waals surface area contributed by atoms with Crippen LogP contribution in [0.2, 0.25) is 0 Å². The Hall–Kier alpha value is -0.280. The molecule has 5 fully saturated rings. The van der Waals surface area contributed by atoms with Gasteiger partial charge in [0.2, 0.25) is 0 Å². The SMILES string of the molecule is C[C@@]1(CO[C@@H]2O[C@H](CO)[C@@H](O)[C@H](O)[C@H]2O)C[C@@]23CC[C@@H]4[C@](C)(CO)CCC[C@@]4(C)[C@@H]2CC[C@@H]1C3. The highest BCUT2D eigenvalue weighted by Gasteiger charge is 2.66. The van der Waals surface area contributed by atoms with Gasteiger partial charge < -0.3 is 35.0 Å². The molecule has 34 heavy (non-hydrogen) atoms. The summed E-state index contributed by atoms with van der Waals surface area (Å²) in [6.45, 7) is 7.43. The lowest BCUT2D eigenvalue weighted by molar-refractivity contribution is -0.306. The van der Waals surface area contributed by atoms with Crippen LogP contribution in [0.3, 0.4) is 0 Å². The second kappa shape index (κ2) is 8.64. The molecule has 5 aliphatic rings. The number of hydrogen-bond donors (Lipinski definition) is 5. The number of aliphatic hydroxyl groups excluding tert-OH is 5. The molecule has 5 rings (SSSR count). The topological polar surface area (TPSA) is 120 Å². The summed E-state index contributed by atoms with van der Waals surface area (Å²) in [6.07, 6.45) is 4.66. The number of ether oxygens (including phenoxy) is 2. The molecule has 0 aromatic rings. The van der Waals surface area contributed by atoms with Crippen LogP contribution in [0.1, 0.15) is 78.6 Å². The van der Waals surface area contributed by atoms with Crippen LogP contribution < -0.4 is 0 Å². The van der Waals surface area contributed by atoms with Gasteiger partial charge >= 0.3 is 0 Å². The van der Waals surface area contributed by atoms with E-state index in [4.69, 9.17) is 9.47 Å². The third-order valence-electron chi connectivity index (χ3n) is 11.6. The van der Waals surface area contributed by atoms with Gasteiger partial charge in [-0.15, -0.1) is 0 Å². The molecule has 12 atom stereocenters. The predicted molar refractivity (Wildman–Crippen MR) is 126 cm³/mol. The van der Waals surface area contributed by atoms with Crippen LogP contribution in [0.4, 0.5) is 0 Å². The Balaban J connectivity index is 1.32. The molecular weight excluding hydrogens is 436 g/mol. The maximum atomic E-state index is 10.4. The van der Waals surface area contributed by atoms with Gasteiger partial charge in [-0.25, -0.2) is 0 Å². The van der Waals surface area contributed by atoms with Crippen LogP contribution in [0, 0.1) is 39.4 Å². The Bertz CT molecular complexity index is 761. The summed E-state index contributed by atoms with van der Waals surface area (Å²) in [5, 5.41) is 50.4. The average Bonchev–Trinajstić information content (AvgIpc) is 3.01. The van der Waals surface area contributed by atoms with E-state index >= 15 is 0 Å². The average molecular weight is 483 g/mol. The summed E-state index contributed by atoms with van der Waals surface area (Å²) < 4.78 is 11.7. The number of rotatable bonds is 5. The lowest BCUT2D eigenvalue weighted by atomic mass is 9.41. The lowest BCUT2D eigenvalue weighted by Gasteiger charge is -2.64. The summed E-state index contributed by atoms with van der Waals surface area (Å²) in [5.74, 6) is 1.82. The van der Waals surface area contributed by atoms with Crippen LogP contribution in [0.5, 0.6) is 0 Å². The van der Waals surface area contributed by atoms with E-state index in [9.17, 15) is 25.5 Å². The second-order valence-corrected chi connectivity index (χ2v) is 13.5. The van der Waals surface area contributed by atoms with Crippen molar-refractivity contribution in [3.05, 3.63) is 0 Å². The normalized spacial score (nSPS) is 57.2. The highest BCUT2D eigenvalue weighted by molar-refractivity contribution is 5.15. The zero-order valence-electron chi connectivity index (χ0n) is 21.2. The van der Waals surface area contributed by atoms with Gasteiger partial charge in [-0.2, -0.15) is 0 Å². The largest absolute Gasteiger partial charge is 0.396 e. The van der Waals surface area contributed by atoms with Crippen LogP contribution in [0.25, 0.3) is 0 Å². The van der Waals surface area contributed by atoms with E-state index in [0.717, 1.165) is 12.8 Å². The smallest absolute Gasteiger partial charge is 0.186 e. The van der Waals surface area contributed by atoms with Crippen molar-refractivity contribution < 1.29 is 35.0 Å². The molecule has 4 saturated carbocycles. The molecule has 1 saturated heterocycles. The van der Waals surface area contributed by atoms with Gasteiger partial charge in [-0.3, -0.25) is 0 Å². The molecule has 0 aromatic carbocycles. The fourth-order valence-corrected chi connectivity index (χ4v) is 9.92. The van der Waals surface area contributed by atoms with E-state index in [2.05, 4.69) is 20.8 Å². The summed E-state index contributed by atoms with van der Waals surface area (Å²) in [5.41, 5.74) is 0.600. The van der Waals surface area contributed by atoms with Gasteiger partial charge in [0.05, 0.1) is 13.2 Å². The van der Waals surface area contributed by atoms with Crippen LogP contribution in [0.15, 0.2) is 0 Å². The van der Waals surface area contributed by atoms with Crippen molar-refractivity contribution in [3.63, 3.8) is 0 Å². The minimum Gasteiger partial charge on any atom is -0.396 e. The van der Waals surface area contributed by atoms with E-state index in [1.54, 1.807) is 0 Å². The molecule has 1 heterocycles. The van der Waals surface area contributed by atoms with Crippen molar-refractivity contribution in [1.82, 2.24) is 0 Å². The number of hydrogen-bond acceptors (Lipinski definition) is 7. The first-order chi connectivity index (χ1) is 16.0. The van der Waals surface area contributed by atoms with Gasteiger partial charge in [0.1, 0.15) is 24.4 Å². The molecule has 5 N–H and O–H groups in total. The summed E-state index contributed by atoms with van der Waals surface area (Å²) in [7, 11) is 0. The first-order valence-corrected chi connectivity index (χ1v) is 13.5. The fourth-order valence-electron chi connectivity index (χ4n) is 9.92. The highest BCUT2D eigenvalue weighted by atomic mass is 16.7. The molecule has 4 aliphatic carbocycles. The Morgan fingerprint density at radius 1 is 0.853 bits per heavy atom. The fraction of sp³-hybridized carbons (Fsp3) is 1.00. The number of fused-ring (bicyclic) bond motifs is 3. The van der Waals surface area contributed by atoms with Gasteiger partial charge in [0.25, 0.3) is 0 Å². The molecule has 196 valence electrons. The zero-order chi connectivity index (χ0) is 24.5. The van der Waals surface area contributed by atoms with E-state index < -0.39 is 37.3 Å².